The third kappa shape index (κ3) is 4.89. The predicted molar refractivity (Wildman–Crippen MR) is 81.3 cm³/mol. The SMILES string of the molecule is CCC(O[Si](CC)(CC)CC)C(C)C(=O)N(C)OC. The van der Waals surface area contributed by atoms with E-state index in [0.717, 1.165) is 24.6 Å². The number of nitrogens with zero attached hydrogens (tertiary/aromatic N) is 1. The average molecular weight is 289 g/mol. The van der Waals surface area contributed by atoms with Crippen LogP contribution in [0.1, 0.15) is 41.0 Å². The summed E-state index contributed by atoms with van der Waals surface area (Å²) in [5.41, 5.74) is 0. The summed E-state index contributed by atoms with van der Waals surface area (Å²) in [5.74, 6) is -0.174. The van der Waals surface area contributed by atoms with E-state index in [0.29, 0.717) is 0 Å². The van der Waals surface area contributed by atoms with Gasteiger partial charge in [0.2, 0.25) is 0 Å². The lowest BCUT2D eigenvalue weighted by Gasteiger charge is -2.35. The van der Waals surface area contributed by atoms with Gasteiger partial charge in [-0.05, 0) is 24.6 Å². The van der Waals surface area contributed by atoms with Crippen molar-refractivity contribution < 1.29 is 14.1 Å². The molecule has 0 aromatic rings. The second-order valence-corrected chi connectivity index (χ2v) is 9.84. The smallest absolute Gasteiger partial charge is 0.251 e. The van der Waals surface area contributed by atoms with Gasteiger partial charge in [-0.1, -0.05) is 34.6 Å². The highest BCUT2D eigenvalue weighted by atomic mass is 28.4. The molecule has 0 saturated carbocycles. The van der Waals surface area contributed by atoms with E-state index in [1.807, 2.05) is 6.92 Å². The summed E-state index contributed by atoms with van der Waals surface area (Å²) < 4.78 is 6.45. The second kappa shape index (κ2) is 8.71. The Morgan fingerprint density at radius 3 is 1.95 bits per heavy atom. The van der Waals surface area contributed by atoms with Crippen LogP contribution in [0.3, 0.4) is 0 Å². The summed E-state index contributed by atoms with van der Waals surface area (Å²) in [7, 11) is 1.49. The van der Waals surface area contributed by atoms with Gasteiger partial charge in [0.1, 0.15) is 0 Å². The van der Waals surface area contributed by atoms with Crippen LogP contribution in [0.15, 0.2) is 0 Å². The van der Waals surface area contributed by atoms with Crippen LogP contribution >= 0.6 is 0 Å². The summed E-state index contributed by atoms with van der Waals surface area (Å²) in [6.07, 6.45) is 0.857. The van der Waals surface area contributed by atoms with Crippen molar-refractivity contribution in [1.82, 2.24) is 5.06 Å². The molecule has 4 nitrogen and oxygen atoms in total. The molecule has 5 heteroatoms. The standard InChI is InChI=1S/C14H31NO3Si/c1-8-13(12(5)14(16)15(6)17-7)18-19(9-2,10-3)11-4/h12-13H,8-11H2,1-7H3. The van der Waals surface area contributed by atoms with Crippen molar-refractivity contribution in [3.05, 3.63) is 0 Å². The first-order valence-electron chi connectivity index (χ1n) is 7.40. The number of amides is 1. The van der Waals surface area contributed by atoms with Crippen molar-refractivity contribution >= 4 is 14.2 Å². The van der Waals surface area contributed by atoms with E-state index in [4.69, 9.17) is 9.26 Å². The first-order valence-corrected chi connectivity index (χ1v) is 9.93. The maximum atomic E-state index is 12.2. The van der Waals surface area contributed by atoms with E-state index < -0.39 is 8.32 Å². The monoisotopic (exact) mass is 289 g/mol. The van der Waals surface area contributed by atoms with Crippen LogP contribution in [0, 0.1) is 5.92 Å². The molecule has 19 heavy (non-hydrogen) atoms. The van der Waals surface area contributed by atoms with Gasteiger partial charge in [-0.3, -0.25) is 9.63 Å². The summed E-state index contributed by atoms with van der Waals surface area (Å²) >= 11 is 0. The molecule has 0 aromatic carbocycles. The number of hydroxylamine groups is 2. The van der Waals surface area contributed by atoms with Crippen LogP contribution in [0.5, 0.6) is 0 Å². The molecule has 0 radical (unpaired) electrons. The number of hydrogen-bond acceptors (Lipinski definition) is 3. The molecule has 0 heterocycles. The topological polar surface area (TPSA) is 38.8 Å². The minimum Gasteiger partial charge on any atom is -0.413 e. The highest BCUT2D eigenvalue weighted by Crippen LogP contribution is 2.27. The fourth-order valence-electron chi connectivity index (χ4n) is 2.40. The van der Waals surface area contributed by atoms with Crippen molar-refractivity contribution in [3.8, 4) is 0 Å². The first-order chi connectivity index (χ1) is 8.91. The average Bonchev–Trinajstić information content (AvgIpc) is 2.47. The Kier molecular flexibility index (Phi) is 8.53. The maximum absolute atomic E-state index is 12.2. The minimum absolute atomic E-state index is 0.00313. The fourth-order valence-corrected chi connectivity index (χ4v) is 5.41. The van der Waals surface area contributed by atoms with Gasteiger partial charge in [0, 0.05) is 7.05 Å². The number of hydrogen-bond donors (Lipinski definition) is 0. The lowest BCUT2D eigenvalue weighted by atomic mass is 10.0. The maximum Gasteiger partial charge on any atom is 0.251 e. The minimum atomic E-state index is -1.67. The van der Waals surface area contributed by atoms with Gasteiger partial charge in [0.15, 0.2) is 8.32 Å². The van der Waals surface area contributed by atoms with E-state index in [2.05, 4.69) is 27.7 Å². The van der Waals surface area contributed by atoms with Crippen LogP contribution in [0.2, 0.25) is 18.1 Å². The molecule has 0 aliphatic rings. The van der Waals surface area contributed by atoms with Gasteiger partial charge in [-0.15, -0.1) is 0 Å². The first kappa shape index (κ1) is 18.6. The van der Waals surface area contributed by atoms with Crippen molar-refractivity contribution in [2.45, 2.75) is 65.3 Å². The summed E-state index contributed by atoms with van der Waals surface area (Å²) in [6.45, 7) is 10.6. The highest BCUT2D eigenvalue weighted by Gasteiger charge is 2.35. The van der Waals surface area contributed by atoms with Crippen LogP contribution in [-0.2, 0) is 14.1 Å². The summed E-state index contributed by atoms with van der Waals surface area (Å²) in [6, 6.07) is 3.33. The van der Waals surface area contributed by atoms with Crippen LogP contribution in [0.25, 0.3) is 0 Å². The van der Waals surface area contributed by atoms with Crippen molar-refractivity contribution in [1.29, 1.82) is 0 Å². The molecule has 2 atom stereocenters. The second-order valence-electron chi connectivity index (χ2n) is 5.12. The molecule has 0 bridgehead atoms. The molecule has 0 aromatic heterocycles. The Labute approximate surface area is 119 Å². The lowest BCUT2D eigenvalue weighted by Crippen LogP contribution is -2.45. The van der Waals surface area contributed by atoms with Gasteiger partial charge < -0.3 is 4.43 Å². The molecule has 0 spiro atoms. The van der Waals surface area contributed by atoms with Crippen LogP contribution < -0.4 is 0 Å². The molecule has 0 fully saturated rings. The molecule has 114 valence electrons. The van der Waals surface area contributed by atoms with Crippen molar-refractivity contribution in [3.63, 3.8) is 0 Å². The number of carbonyl (C=O) groups excluding carboxylic acids is 1. The molecule has 1 amide bonds. The van der Waals surface area contributed by atoms with E-state index in [9.17, 15) is 4.79 Å². The van der Waals surface area contributed by atoms with Gasteiger partial charge in [0.25, 0.3) is 5.91 Å². The Hall–Kier alpha value is -0.393. The van der Waals surface area contributed by atoms with Crippen molar-refractivity contribution in [2.75, 3.05) is 14.2 Å². The molecular weight excluding hydrogens is 258 g/mol. The third-order valence-corrected chi connectivity index (χ3v) is 8.94. The number of carbonyl (C=O) groups is 1. The highest BCUT2D eigenvalue weighted by molar-refractivity contribution is 6.73. The molecule has 0 rings (SSSR count). The summed E-state index contributed by atoms with van der Waals surface area (Å²) in [4.78, 5) is 17.1. The molecule has 0 aliphatic carbocycles. The normalized spacial score (nSPS) is 15.1. The van der Waals surface area contributed by atoms with Gasteiger partial charge in [-0.25, -0.2) is 5.06 Å². The molecule has 0 N–H and O–H groups in total. The zero-order valence-electron chi connectivity index (χ0n) is 13.7. The van der Waals surface area contributed by atoms with Crippen LogP contribution in [0.4, 0.5) is 0 Å². The van der Waals surface area contributed by atoms with E-state index in [-0.39, 0.29) is 17.9 Å². The van der Waals surface area contributed by atoms with Crippen molar-refractivity contribution in [2.24, 2.45) is 5.92 Å². The zero-order chi connectivity index (χ0) is 15.1. The van der Waals surface area contributed by atoms with Gasteiger partial charge in [-0.2, -0.15) is 0 Å². The number of rotatable bonds is 9. The van der Waals surface area contributed by atoms with Gasteiger partial charge in [0.05, 0.1) is 19.1 Å². The Balaban J connectivity index is 4.86. The lowest BCUT2D eigenvalue weighted by molar-refractivity contribution is -0.175. The predicted octanol–water partition coefficient (Wildman–Crippen LogP) is 3.44. The fraction of sp³-hybridized carbons (Fsp3) is 0.929. The Morgan fingerprint density at radius 1 is 1.16 bits per heavy atom. The van der Waals surface area contributed by atoms with Gasteiger partial charge >= 0.3 is 0 Å². The zero-order valence-corrected chi connectivity index (χ0v) is 14.7. The van der Waals surface area contributed by atoms with E-state index >= 15 is 0 Å². The Bertz CT molecular complexity index is 261. The summed E-state index contributed by atoms with van der Waals surface area (Å²) in [5, 5.41) is 1.30. The van der Waals surface area contributed by atoms with Crippen LogP contribution in [-0.4, -0.2) is 39.5 Å². The quantitative estimate of drug-likeness (QED) is 0.482. The Morgan fingerprint density at radius 2 is 1.63 bits per heavy atom. The third-order valence-electron chi connectivity index (χ3n) is 4.27. The van der Waals surface area contributed by atoms with E-state index in [1.165, 1.54) is 12.2 Å². The van der Waals surface area contributed by atoms with E-state index in [1.54, 1.807) is 7.05 Å². The molecular formula is C14H31NO3Si. The largest absolute Gasteiger partial charge is 0.413 e. The molecule has 2 unspecified atom stereocenters. The molecule has 0 aliphatic heterocycles. The molecule has 0 saturated heterocycles.